The van der Waals surface area contributed by atoms with Crippen LogP contribution in [0, 0.1) is 5.92 Å². The van der Waals surface area contributed by atoms with Crippen LogP contribution in [0.25, 0.3) is 0 Å². The normalized spacial score (nSPS) is 23.6. The second-order valence-corrected chi connectivity index (χ2v) is 10.5. The summed E-state index contributed by atoms with van der Waals surface area (Å²) in [7, 11) is 0. The first-order valence-corrected chi connectivity index (χ1v) is 14.0. The number of likely N-dealkylation sites (tertiary alicyclic amines) is 1. The van der Waals surface area contributed by atoms with E-state index in [9.17, 15) is 0 Å². The van der Waals surface area contributed by atoms with Crippen molar-refractivity contribution in [2.45, 2.75) is 71.3 Å². The van der Waals surface area contributed by atoms with Crippen molar-refractivity contribution in [2.75, 3.05) is 58.9 Å². The van der Waals surface area contributed by atoms with E-state index in [0.29, 0.717) is 0 Å². The topological polar surface area (TPSA) is 47.8 Å². The molecule has 5 nitrogen and oxygen atoms in total. The summed E-state index contributed by atoms with van der Waals surface area (Å²) in [6.45, 7) is 19.1. The van der Waals surface area contributed by atoms with Crippen LogP contribution in [0.15, 0.2) is 47.9 Å². The molecule has 192 valence electrons. The molecule has 0 aromatic carbocycles. The summed E-state index contributed by atoms with van der Waals surface area (Å²) in [6, 6.07) is 0.773. The van der Waals surface area contributed by atoms with Crippen LogP contribution in [-0.4, -0.2) is 79.6 Å². The summed E-state index contributed by atoms with van der Waals surface area (Å²) in [6.07, 6.45) is 19.1. The second kappa shape index (κ2) is 14.8. The fourth-order valence-electron chi connectivity index (χ4n) is 5.79. The minimum atomic E-state index is 0.773. The van der Waals surface area contributed by atoms with Gasteiger partial charge >= 0.3 is 0 Å². The Kier molecular flexibility index (Phi) is 11.7. The van der Waals surface area contributed by atoms with E-state index in [1.807, 2.05) is 0 Å². The molecular formula is C29H51N5. The van der Waals surface area contributed by atoms with Crippen LogP contribution in [0.3, 0.4) is 0 Å². The Morgan fingerprint density at radius 3 is 2.29 bits per heavy atom. The maximum atomic E-state index is 5.91. The highest BCUT2D eigenvalue weighted by molar-refractivity contribution is 5.36. The van der Waals surface area contributed by atoms with Gasteiger partial charge in [-0.15, -0.1) is 0 Å². The highest BCUT2D eigenvalue weighted by Gasteiger charge is 2.27. The predicted molar refractivity (Wildman–Crippen MR) is 147 cm³/mol. The lowest BCUT2D eigenvalue weighted by Crippen LogP contribution is -2.53. The van der Waals surface area contributed by atoms with Crippen molar-refractivity contribution in [1.82, 2.24) is 20.0 Å². The van der Waals surface area contributed by atoms with Crippen LogP contribution in [-0.2, 0) is 0 Å². The van der Waals surface area contributed by atoms with Crippen molar-refractivity contribution < 1.29 is 0 Å². The van der Waals surface area contributed by atoms with Gasteiger partial charge in [-0.05, 0) is 58.0 Å². The monoisotopic (exact) mass is 469 g/mol. The molecular weight excluding hydrogens is 418 g/mol. The molecule has 0 spiro atoms. The Morgan fingerprint density at radius 2 is 1.68 bits per heavy atom. The largest absolute Gasteiger partial charge is 0.404 e. The van der Waals surface area contributed by atoms with E-state index in [2.05, 4.69) is 58.7 Å². The molecule has 0 amide bonds. The third kappa shape index (κ3) is 8.58. The number of nitrogens with two attached hydrogens (primary N) is 1. The highest BCUT2D eigenvalue weighted by atomic mass is 15.3. The number of piperazine rings is 1. The quantitative estimate of drug-likeness (QED) is 0.344. The van der Waals surface area contributed by atoms with Crippen molar-refractivity contribution >= 4 is 0 Å². The van der Waals surface area contributed by atoms with Crippen LogP contribution in [0.1, 0.15) is 65.2 Å². The zero-order valence-corrected chi connectivity index (χ0v) is 22.1. The zero-order valence-electron chi connectivity index (χ0n) is 22.1. The molecule has 0 bridgehead atoms. The average Bonchev–Trinajstić information content (AvgIpc) is 2.89. The Labute approximate surface area is 209 Å². The maximum Gasteiger partial charge on any atom is 0.0355 e. The standard InChI is InChI=1S/C29H51N5/c1-4-26(5-2)24-33-16-13-29(14-17-33)34-20-18-32(19-21-34)15-9-12-28(22-30)25(3)31-23-27-10-7-6-8-11-27/h4,9,12,22,27,29,31H,3,5-8,10-11,13-21,23-24,30H2,1-2H3/b12-9-,26-4+,28-22+. The smallest absolute Gasteiger partial charge is 0.0355 e. The minimum Gasteiger partial charge on any atom is -0.404 e. The van der Waals surface area contributed by atoms with E-state index < -0.39 is 0 Å². The lowest BCUT2D eigenvalue weighted by molar-refractivity contribution is 0.0653. The number of piperidine rings is 1. The van der Waals surface area contributed by atoms with E-state index in [1.54, 1.807) is 11.8 Å². The predicted octanol–water partition coefficient (Wildman–Crippen LogP) is 4.51. The third-order valence-corrected chi connectivity index (χ3v) is 8.29. The molecule has 1 saturated carbocycles. The van der Waals surface area contributed by atoms with Gasteiger partial charge in [0.25, 0.3) is 0 Å². The van der Waals surface area contributed by atoms with E-state index >= 15 is 0 Å². The van der Waals surface area contributed by atoms with E-state index in [-0.39, 0.29) is 0 Å². The lowest BCUT2D eigenvalue weighted by Gasteiger charge is -2.42. The molecule has 1 aliphatic carbocycles. The molecule has 0 aromatic heterocycles. The molecule has 3 fully saturated rings. The first-order chi connectivity index (χ1) is 16.6. The van der Waals surface area contributed by atoms with Crippen LogP contribution >= 0.6 is 0 Å². The van der Waals surface area contributed by atoms with Gasteiger partial charge in [0.15, 0.2) is 0 Å². The molecule has 34 heavy (non-hydrogen) atoms. The number of nitrogens with zero attached hydrogens (tertiary/aromatic N) is 3. The van der Waals surface area contributed by atoms with Crippen LogP contribution < -0.4 is 11.1 Å². The summed E-state index contributed by atoms with van der Waals surface area (Å²) in [5, 5.41) is 3.53. The van der Waals surface area contributed by atoms with Crippen LogP contribution in [0.4, 0.5) is 0 Å². The average molecular weight is 470 g/mol. The third-order valence-electron chi connectivity index (χ3n) is 8.29. The van der Waals surface area contributed by atoms with Crippen molar-refractivity contribution in [3.05, 3.63) is 47.9 Å². The summed E-state index contributed by atoms with van der Waals surface area (Å²) in [4.78, 5) is 7.96. The van der Waals surface area contributed by atoms with Gasteiger partial charge in [0.2, 0.25) is 0 Å². The number of hydrogen-bond donors (Lipinski definition) is 2. The molecule has 5 heteroatoms. The fraction of sp³-hybridized carbons (Fsp3) is 0.724. The molecule has 2 saturated heterocycles. The first-order valence-electron chi connectivity index (χ1n) is 14.0. The van der Waals surface area contributed by atoms with E-state index in [1.165, 1.54) is 84.1 Å². The van der Waals surface area contributed by atoms with Gasteiger partial charge < -0.3 is 11.1 Å². The first kappa shape index (κ1) is 27.0. The SMILES string of the molecule is C=C(NCC1CCCCC1)C(/C=C\CN1CCN(C2CCN(C/C(=C/C)CC)CC2)CC1)=C/N. The fourth-order valence-corrected chi connectivity index (χ4v) is 5.79. The van der Waals surface area contributed by atoms with E-state index in [0.717, 1.165) is 49.4 Å². The maximum absolute atomic E-state index is 5.91. The molecule has 3 N–H and O–H groups in total. The van der Waals surface area contributed by atoms with Gasteiger partial charge in [0.1, 0.15) is 0 Å². The Balaban J connectivity index is 1.32. The Hall–Kier alpha value is -1.56. The van der Waals surface area contributed by atoms with Crippen LogP contribution in [0.2, 0.25) is 0 Å². The number of nitrogens with one attached hydrogen (secondary N) is 1. The summed E-state index contributed by atoms with van der Waals surface area (Å²) >= 11 is 0. The molecule has 0 unspecified atom stereocenters. The number of hydrogen-bond acceptors (Lipinski definition) is 5. The summed E-state index contributed by atoms with van der Waals surface area (Å²) in [5.74, 6) is 0.791. The van der Waals surface area contributed by atoms with Gasteiger partial charge in [-0.2, -0.15) is 0 Å². The second-order valence-electron chi connectivity index (χ2n) is 10.5. The van der Waals surface area contributed by atoms with Gasteiger partial charge in [-0.1, -0.05) is 56.6 Å². The highest BCUT2D eigenvalue weighted by Crippen LogP contribution is 2.23. The number of allylic oxidation sites excluding steroid dienone is 2. The van der Waals surface area contributed by atoms with Crippen molar-refractivity contribution in [3.63, 3.8) is 0 Å². The molecule has 0 atom stereocenters. The minimum absolute atomic E-state index is 0.773. The van der Waals surface area contributed by atoms with E-state index in [4.69, 9.17) is 5.73 Å². The lowest BCUT2D eigenvalue weighted by atomic mass is 9.89. The molecule has 0 radical (unpaired) electrons. The van der Waals surface area contributed by atoms with Gasteiger partial charge in [-0.25, -0.2) is 0 Å². The molecule has 3 aliphatic rings. The van der Waals surface area contributed by atoms with Gasteiger partial charge in [0, 0.05) is 69.3 Å². The Bertz CT molecular complexity index is 687. The van der Waals surface area contributed by atoms with Gasteiger partial charge in [-0.3, -0.25) is 14.7 Å². The molecule has 2 aliphatic heterocycles. The molecule has 0 aromatic rings. The molecule has 2 heterocycles. The number of rotatable bonds is 11. The van der Waals surface area contributed by atoms with Crippen LogP contribution in [0.5, 0.6) is 0 Å². The summed E-state index contributed by atoms with van der Waals surface area (Å²) < 4.78 is 0. The van der Waals surface area contributed by atoms with Crippen molar-refractivity contribution in [1.29, 1.82) is 0 Å². The van der Waals surface area contributed by atoms with Crippen molar-refractivity contribution in [2.24, 2.45) is 11.7 Å². The summed E-state index contributed by atoms with van der Waals surface area (Å²) in [5.41, 5.74) is 9.47. The van der Waals surface area contributed by atoms with Gasteiger partial charge in [0.05, 0.1) is 0 Å². The zero-order chi connectivity index (χ0) is 24.2. The molecule has 3 rings (SSSR count). The van der Waals surface area contributed by atoms with Crippen molar-refractivity contribution in [3.8, 4) is 0 Å². The Morgan fingerprint density at radius 1 is 0.971 bits per heavy atom.